The first-order valence-corrected chi connectivity index (χ1v) is 9.03. The minimum absolute atomic E-state index is 0.0699. The van der Waals surface area contributed by atoms with Gasteiger partial charge in [0.25, 0.3) is 0 Å². The van der Waals surface area contributed by atoms with E-state index in [0.717, 1.165) is 17.7 Å². The molecule has 0 saturated heterocycles. The average molecular weight is 399 g/mol. The number of alkyl halides is 3. The Morgan fingerprint density at radius 1 is 1.25 bits per heavy atom. The van der Waals surface area contributed by atoms with Crippen LogP contribution in [0.4, 0.5) is 13.2 Å². The molecule has 0 saturated carbocycles. The van der Waals surface area contributed by atoms with Crippen LogP contribution in [0, 0.1) is 0 Å². The first-order chi connectivity index (χ1) is 13.2. The zero-order chi connectivity index (χ0) is 20.9. The molecule has 1 aliphatic rings. The molecule has 1 aliphatic heterocycles. The van der Waals surface area contributed by atoms with E-state index in [0.29, 0.717) is 37.9 Å². The highest BCUT2D eigenvalue weighted by Gasteiger charge is 2.31. The maximum atomic E-state index is 12.9. The summed E-state index contributed by atoms with van der Waals surface area (Å²) in [6, 6.07) is 2.96. The van der Waals surface area contributed by atoms with Crippen LogP contribution in [0.25, 0.3) is 0 Å². The van der Waals surface area contributed by atoms with E-state index in [4.69, 9.17) is 0 Å². The van der Waals surface area contributed by atoms with Crippen LogP contribution < -0.4 is 5.32 Å². The molecule has 1 atom stereocenters. The van der Waals surface area contributed by atoms with Crippen molar-refractivity contribution in [1.82, 2.24) is 15.1 Å². The van der Waals surface area contributed by atoms with Crippen LogP contribution >= 0.6 is 0 Å². The van der Waals surface area contributed by atoms with Gasteiger partial charge in [0.15, 0.2) is 0 Å². The smallest absolute Gasteiger partial charge is 0.357 e. The maximum Gasteiger partial charge on any atom is 0.416 e. The number of likely N-dealkylation sites (N-methyl/N-ethyl adjacent to an activating group) is 2. The number of hydrogen-bond acceptors (Lipinski definition) is 3. The zero-order valence-corrected chi connectivity index (χ0v) is 15.9. The highest BCUT2D eigenvalue weighted by molar-refractivity contribution is 5.84. The summed E-state index contributed by atoms with van der Waals surface area (Å²) in [5, 5.41) is 2.47. The van der Waals surface area contributed by atoms with Crippen molar-refractivity contribution in [2.45, 2.75) is 37.9 Å². The van der Waals surface area contributed by atoms with Gasteiger partial charge in [-0.15, -0.1) is 0 Å². The SMILES string of the molecule is CNC(=O)C(CCC(=O)N1CCc2ccc(C(F)(F)F)cc2CC1)N(C)C=O. The Morgan fingerprint density at radius 3 is 2.46 bits per heavy atom. The topological polar surface area (TPSA) is 69.7 Å². The Balaban J connectivity index is 2.00. The quantitative estimate of drug-likeness (QED) is 0.739. The van der Waals surface area contributed by atoms with Gasteiger partial charge in [0, 0.05) is 33.6 Å². The molecule has 28 heavy (non-hydrogen) atoms. The third kappa shape index (κ3) is 5.24. The first kappa shape index (κ1) is 21.7. The molecule has 1 N–H and O–H groups in total. The monoisotopic (exact) mass is 399 g/mol. The van der Waals surface area contributed by atoms with Gasteiger partial charge >= 0.3 is 6.18 Å². The normalized spacial score (nSPS) is 15.2. The second kappa shape index (κ2) is 9.07. The highest BCUT2D eigenvalue weighted by Crippen LogP contribution is 2.31. The fraction of sp³-hybridized carbons (Fsp3) is 0.526. The number of halogens is 3. The van der Waals surface area contributed by atoms with Crippen molar-refractivity contribution in [1.29, 1.82) is 0 Å². The number of carbonyl (C=O) groups is 3. The molecule has 1 aromatic rings. The summed E-state index contributed by atoms with van der Waals surface area (Å²) < 4.78 is 38.7. The predicted molar refractivity (Wildman–Crippen MR) is 96.3 cm³/mol. The van der Waals surface area contributed by atoms with Gasteiger partial charge in [0.05, 0.1) is 5.56 Å². The molecule has 0 aliphatic carbocycles. The fourth-order valence-corrected chi connectivity index (χ4v) is 3.33. The molecule has 154 valence electrons. The molecule has 0 aromatic heterocycles. The molecule has 1 unspecified atom stereocenters. The molecular formula is C19H24F3N3O3. The Morgan fingerprint density at radius 2 is 1.89 bits per heavy atom. The number of hydrogen-bond donors (Lipinski definition) is 1. The third-order valence-electron chi connectivity index (χ3n) is 5.03. The summed E-state index contributed by atoms with van der Waals surface area (Å²) in [6.07, 6.45) is -2.79. The number of carbonyl (C=O) groups excluding carboxylic acids is 3. The predicted octanol–water partition coefficient (Wildman–Crippen LogP) is 1.62. The van der Waals surface area contributed by atoms with E-state index in [9.17, 15) is 27.6 Å². The lowest BCUT2D eigenvalue weighted by atomic mass is 10.00. The van der Waals surface area contributed by atoms with Crippen LogP contribution in [0.5, 0.6) is 0 Å². The largest absolute Gasteiger partial charge is 0.416 e. The average Bonchev–Trinajstić information content (AvgIpc) is 2.88. The van der Waals surface area contributed by atoms with E-state index in [1.165, 1.54) is 25.1 Å². The van der Waals surface area contributed by atoms with E-state index < -0.39 is 17.8 Å². The lowest BCUT2D eigenvalue weighted by Gasteiger charge is -2.25. The fourth-order valence-electron chi connectivity index (χ4n) is 3.33. The minimum atomic E-state index is -4.39. The molecule has 1 heterocycles. The van der Waals surface area contributed by atoms with Crippen LogP contribution in [-0.4, -0.2) is 61.3 Å². The van der Waals surface area contributed by atoms with Gasteiger partial charge < -0.3 is 15.1 Å². The Hall–Kier alpha value is -2.58. The van der Waals surface area contributed by atoms with Crippen LogP contribution in [0.15, 0.2) is 18.2 Å². The molecule has 1 aromatic carbocycles. The number of nitrogens with one attached hydrogen (secondary N) is 1. The molecule has 0 fully saturated rings. The lowest BCUT2D eigenvalue weighted by molar-refractivity contribution is -0.137. The minimum Gasteiger partial charge on any atom is -0.357 e. The van der Waals surface area contributed by atoms with Crippen LogP contribution in [0.3, 0.4) is 0 Å². The summed E-state index contributed by atoms with van der Waals surface area (Å²) in [7, 11) is 2.93. The second-order valence-electron chi connectivity index (χ2n) is 6.80. The van der Waals surface area contributed by atoms with Crippen molar-refractivity contribution < 1.29 is 27.6 Å². The maximum absolute atomic E-state index is 12.9. The number of amides is 3. The van der Waals surface area contributed by atoms with Crippen molar-refractivity contribution >= 4 is 18.2 Å². The van der Waals surface area contributed by atoms with Gasteiger partial charge in [-0.1, -0.05) is 6.07 Å². The first-order valence-electron chi connectivity index (χ1n) is 9.03. The summed E-state index contributed by atoms with van der Waals surface area (Å²) in [5.74, 6) is -0.539. The van der Waals surface area contributed by atoms with E-state index in [2.05, 4.69) is 5.32 Å². The zero-order valence-electron chi connectivity index (χ0n) is 15.9. The van der Waals surface area contributed by atoms with Gasteiger partial charge in [-0.25, -0.2) is 0 Å². The summed E-state index contributed by atoms with van der Waals surface area (Å²) in [4.78, 5) is 38.2. The second-order valence-corrected chi connectivity index (χ2v) is 6.80. The molecule has 0 spiro atoms. The van der Waals surface area contributed by atoms with E-state index in [1.54, 1.807) is 4.90 Å². The molecule has 0 bridgehead atoms. The van der Waals surface area contributed by atoms with Gasteiger partial charge in [-0.05, 0) is 42.5 Å². The lowest BCUT2D eigenvalue weighted by Crippen LogP contribution is -2.44. The van der Waals surface area contributed by atoms with Gasteiger partial charge in [-0.2, -0.15) is 13.2 Å². The van der Waals surface area contributed by atoms with Gasteiger partial charge in [0.2, 0.25) is 18.2 Å². The summed E-state index contributed by atoms with van der Waals surface area (Å²) in [6.45, 7) is 0.729. The standard InChI is InChI=1S/C19H24F3N3O3/c1-23-18(28)16(24(2)12-26)5-6-17(27)25-9-7-13-3-4-15(19(20,21)22)11-14(13)8-10-25/h3-4,11-12,16H,5-10H2,1-2H3,(H,23,28). The van der Waals surface area contributed by atoms with Crippen molar-refractivity contribution in [3.05, 3.63) is 34.9 Å². The van der Waals surface area contributed by atoms with Gasteiger partial charge in [-0.3, -0.25) is 14.4 Å². The van der Waals surface area contributed by atoms with Crippen LogP contribution in [0.2, 0.25) is 0 Å². The number of benzene rings is 1. The third-order valence-corrected chi connectivity index (χ3v) is 5.03. The van der Waals surface area contributed by atoms with Gasteiger partial charge in [0.1, 0.15) is 6.04 Å². The Kier molecular flexibility index (Phi) is 7.04. The van der Waals surface area contributed by atoms with Crippen molar-refractivity contribution in [2.75, 3.05) is 27.2 Å². The molecule has 3 amide bonds. The van der Waals surface area contributed by atoms with Crippen LogP contribution in [-0.2, 0) is 33.4 Å². The van der Waals surface area contributed by atoms with Crippen molar-refractivity contribution in [3.8, 4) is 0 Å². The van der Waals surface area contributed by atoms with Crippen molar-refractivity contribution in [2.24, 2.45) is 0 Å². The summed E-state index contributed by atoms with van der Waals surface area (Å²) >= 11 is 0. The van der Waals surface area contributed by atoms with Crippen LogP contribution in [0.1, 0.15) is 29.5 Å². The molecule has 6 nitrogen and oxygen atoms in total. The van der Waals surface area contributed by atoms with E-state index >= 15 is 0 Å². The van der Waals surface area contributed by atoms with Crippen molar-refractivity contribution in [3.63, 3.8) is 0 Å². The number of nitrogens with zero attached hydrogens (tertiary/aromatic N) is 2. The Labute approximate surface area is 161 Å². The number of fused-ring (bicyclic) bond motifs is 1. The molecule has 2 rings (SSSR count). The Bertz CT molecular complexity index is 737. The number of rotatable bonds is 6. The highest BCUT2D eigenvalue weighted by atomic mass is 19.4. The van der Waals surface area contributed by atoms with E-state index in [1.807, 2.05) is 0 Å². The molecular weight excluding hydrogens is 375 g/mol. The summed E-state index contributed by atoms with van der Waals surface area (Å²) in [5.41, 5.74) is 0.734. The van der Waals surface area contributed by atoms with E-state index in [-0.39, 0.29) is 24.7 Å². The molecule has 0 radical (unpaired) electrons. The molecule has 9 heteroatoms.